The molecule has 0 radical (unpaired) electrons. The van der Waals surface area contributed by atoms with E-state index in [0.29, 0.717) is 11.7 Å². The van der Waals surface area contributed by atoms with Gasteiger partial charge in [0.05, 0.1) is 11.3 Å². The minimum atomic E-state index is -2.86. The molecule has 160 valence electrons. The number of halogens is 2. The molecule has 2 aromatic heterocycles. The van der Waals surface area contributed by atoms with Crippen LogP contribution < -0.4 is 4.74 Å². The monoisotopic (exact) mass is 442 g/mol. The molecule has 0 bridgehead atoms. The zero-order chi connectivity index (χ0) is 22.0. The van der Waals surface area contributed by atoms with E-state index in [2.05, 4.69) is 21.0 Å². The Kier molecular flexibility index (Phi) is 6.03. The molecule has 4 rings (SSSR count). The number of para-hydroxylation sites is 1. The average molecular weight is 442 g/mol. The normalized spacial score (nSPS) is 11.4. The van der Waals surface area contributed by atoms with Crippen LogP contribution >= 0.6 is 11.8 Å². The Morgan fingerprint density at radius 3 is 2.65 bits per heavy atom. The lowest BCUT2D eigenvalue weighted by molar-refractivity contribution is -0.127. The van der Waals surface area contributed by atoms with Crippen molar-refractivity contribution < 1.29 is 18.3 Å². The van der Waals surface area contributed by atoms with Crippen LogP contribution in [0.25, 0.3) is 16.6 Å². The number of aryl methyl sites for hydroxylation is 1. The highest BCUT2D eigenvalue weighted by atomic mass is 32.2. The van der Waals surface area contributed by atoms with Gasteiger partial charge in [-0.1, -0.05) is 42.1 Å². The van der Waals surface area contributed by atoms with Crippen LogP contribution in [-0.4, -0.2) is 44.8 Å². The number of thioether (sulfide) groups is 1. The highest BCUT2D eigenvalue weighted by Crippen LogP contribution is 2.26. The second-order valence-electron chi connectivity index (χ2n) is 7.08. The first-order valence-electron chi connectivity index (χ1n) is 9.56. The molecule has 0 aliphatic carbocycles. The molecule has 0 saturated heterocycles. The molecule has 0 spiro atoms. The van der Waals surface area contributed by atoms with E-state index in [9.17, 15) is 13.6 Å². The summed E-state index contributed by atoms with van der Waals surface area (Å²) < 4.78 is 30.8. The average Bonchev–Trinajstić information content (AvgIpc) is 3.16. The summed E-state index contributed by atoms with van der Waals surface area (Å²) in [5.74, 6) is 0.210. The molecule has 6 nitrogen and oxygen atoms in total. The number of amides is 1. The van der Waals surface area contributed by atoms with E-state index < -0.39 is 6.61 Å². The Bertz CT molecular complexity index is 1230. The number of hydrogen-bond acceptors (Lipinski definition) is 5. The quantitative estimate of drug-likeness (QED) is 0.393. The molecule has 1 amide bonds. The molecular formula is C22H20F2N4O2S. The number of nitrogens with zero attached hydrogens (tertiary/aromatic N) is 4. The van der Waals surface area contributed by atoms with Gasteiger partial charge in [0, 0.05) is 19.0 Å². The van der Waals surface area contributed by atoms with Crippen LogP contribution in [0.15, 0.2) is 59.8 Å². The molecule has 2 heterocycles. The van der Waals surface area contributed by atoms with Crippen molar-refractivity contribution in [1.29, 1.82) is 0 Å². The summed E-state index contributed by atoms with van der Waals surface area (Å²) in [6, 6.07) is 16.2. The molecule has 0 aliphatic rings. The lowest BCUT2D eigenvalue weighted by atomic mass is 10.1. The predicted molar refractivity (Wildman–Crippen MR) is 116 cm³/mol. The van der Waals surface area contributed by atoms with E-state index in [4.69, 9.17) is 0 Å². The highest BCUT2D eigenvalue weighted by Gasteiger charge is 2.15. The Morgan fingerprint density at radius 2 is 1.90 bits per heavy atom. The lowest BCUT2D eigenvalue weighted by Crippen LogP contribution is -2.27. The first kappa shape index (κ1) is 21.0. The molecule has 0 N–H and O–H groups in total. The fraction of sp³-hybridized carbons (Fsp3) is 0.227. The third kappa shape index (κ3) is 4.61. The number of hydrogen-bond donors (Lipinski definition) is 0. The minimum Gasteiger partial charge on any atom is -0.435 e. The summed E-state index contributed by atoms with van der Waals surface area (Å²) in [5.41, 5.74) is 3.67. The maximum atomic E-state index is 12.6. The van der Waals surface area contributed by atoms with E-state index in [-0.39, 0.29) is 17.4 Å². The number of pyridine rings is 1. The van der Waals surface area contributed by atoms with E-state index in [1.54, 1.807) is 24.1 Å². The van der Waals surface area contributed by atoms with Gasteiger partial charge in [0.15, 0.2) is 10.8 Å². The van der Waals surface area contributed by atoms with Gasteiger partial charge in [-0.05, 0) is 42.3 Å². The number of benzene rings is 2. The summed E-state index contributed by atoms with van der Waals surface area (Å²) in [6.07, 6.45) is 0. The van der Waals surface area contributed by atoms with Gasteiger partial charge in [0.2, 0.25) is 5.91 Å². The van der Waals surface area contributed by atoms with Gasteiger partial charge in [-0.2, -0.15) is 8.78 Å². The number of fused-ring (bicyclic) bond motifs is 3. The standard InChI is InChI=1S/C22H20F2N4O2S/c1-14-11-19-25-26-22(28(19)18-6-4-3-5-17(14)18)31-13-20(29)27(2)12-15-7-9-16(10-8-15)30-21(23)24/h3-11,21H,12-13H2,1-2H3. The van der Waals surface area contributed by atoms with Gasteiger partial charge in [0.1, 0.15) is 5.75 Å². The van der Waals surface area contributed by atoms with Gasteiger partial charge in [-0.15, -0.1) is 10.2 Å². The molecule has 9 heteroatoms. The van der Waals surface area contributed by atoms with Gasteiger partial charge >= 0.3 is 6.61 Å². The summed E-state index contributed by atoms with van der Waals surface area (Å²) in [4.78, 5) is 14.2. The molecule has 0 saturated carbocycles. The number of aromatic nitrogens is 3. The molecule has 31 heavy (non-hydrogen) atoms. The third-order valence-corrected chi connectivity index (χ3v) is 5.81. The summed E-state index contributed by atoms with van der Waals surface area (Å²) >= 11 is 1.33. The van der Waals surface area contributed by atoms with Crippen LogP contribution in [0, 0.1) is 6.92 Å². The van der Waals surface area contributed by atoms with Crippen molar-refractivity contribution in [1.82, 2.24) is 19.5 Å². The maximum absolute atomic E-state index is 12.6. The van der Waals surface area contributed by atoms with E-state index in [1.165, 1.54) is 23.9 Å². The first-order chi connectivity index (χ1) is 14.9. The van der Waals surface area contributed by atoms with E-state index in [0.717, 1.165) is 27.7 Å². The largest absolute Gasteiger partial charge is 0.435 e. The van der Waals surface area contributed by atoms with Crippen molar-refractivity contribution in [3.8, 4) is 5.75 Å². The Hall–Kier alpha value is -3.20. The highest BCUT2D eigenvalue weighted by molar-refractivity contribution is 7.99. The third-order valence-electron chi connectivity index (χ3n) is 4.89. The second-order valence-corrected chi connectivity index (χ2v) is 8.02. The van der Waals surface area contributed by atoms with Crippen LogP contribution in [0.3, 0.4) is 0 Å². The van der Waals surface area contributed by atoms with Crippen LogP contribution in [0.1, 0.15) is 11.1 Å². The van der Waals surface area contributed by atoms with Crippen molar-refractivity contribution in [3.63, 3.8) is 0 Å². The fourth-order valence-electron chi connectivity index (χ4n) is 3.34. The van der Waals surface area contributed by atoms with Gasteiger partial charge < -0.3 is 9.64 Å². The van der Waals surface area contributed by atoms with Crippen molar-refractivity contribution >= 4 is 34.2 Å². The molecule has 4 aromatic rings. The topological polar surface area (TPSA) is 59.7 Å². The number of rotatable bonds is 7. The van der Waals surface area contributed by atoms with Crippen molar-refractivity contribution in [2.24, 2.45) is 0 Å². The van der Waals surface area contributed by atoms with Crippen LogP contribution in [0.4, 0.5) is 8.78 Å². The summed E-state index contributed by atoms with van der Waals surface area (Å²) in [6.45, 7) is -0.465. The Morgan fingerprint density at radius 1 is 1.16 bits per heavy atom. The minimum absolute atomic E-state index is 0.0777. The zero-order valence-electron chi connectivity index (χ0n) is 17.0. The Balaban J connectivity index is 1.44. The summed E-state index contributed by atoms with van der Waals surface area (Å²) in [5, 5.41) is 10.3. The SMILES string of the molecule is Cc1cc2nnc(SCC(=O)N(C)Cc3ccc(OC(F)F)cc3)n2c2ccccc12. The van der Waals surface area contributed by atoms with Crippen LogP contribution in [0.2, 0.25) is 0 Å². The van der Waals surface area contributed by atoms with E-state index in [1.807, 2.05) is 35.6 Å². The van der Waals surface area contributed by atoms with Crippen LogP contribution in [-0.2, 0) is 11.3 Å². The van der Waals surface area contributed by atoms with E-state index >= 15 is 0 Å². The van der Waals surface area contributed by atoms with Crippen LogP contribution in [0.5, 0.6) is 5.75 Å². The van der Waals surface area contributed by atoms with Crippen molar-refractivity contribution in [2.45, 2.75) is 25.2 Å². The van der Waals surface area contributed by atoms with Gasteiger partial charge in [-0.3, -0.25) is 9.20 Å². The Labute approximate surface area is 181 Å². The molecule has 0 fully saturated rings. The maximum Gasteiger partial charge on any atom is 0.387 e. The smallest absolute Gasteiger partial charge is 0.387 e. The van der Waals surface area contributed by atoms with Gasteiger partial charge in [-0.25, -0.2) is 0 Å². The van der Waals surface area contributed by atoms with Gasteiger partial charge in [0.25, 0.3) is 0 Å². The predicted octanol–water partition coefficient (Wildman–Crippen LogP) is 4.54. The first-order valence-corrected chi connectivity index (χ1v) is 10.5. The van der Waals surface area contributed by atoms with Crippen molar-refractivity contribution in [2.75, 3.05) is 12.8 Å². The van der Waals surface area contributed by atoms with Crippen molar-refractivity contribution in [3.05, 3.63) is 65.7 Å². The number of carbonyl (C=O) groups excluding carboxylic acids is 1. The molecule has 2 aromatic carbocycles. The zero-order valence-corrected chi connectivity index (χ0v) is 17.8. The molecule has 0 atom stereocenters. The molecule has 0 unspecified atom stereocenters. The fourth-order valence-corrected chi connectivity index (χ4v) is 4.24. The lowest BCUT2D eigenvalue weighted by Gasteiger charge is -2.17. The number of ether oxygens (including phenoxy) is 1. The second kappa shape index (κ2) is 8.89. The number of alkyl halides is 2. The molecule has 0 aliphatic heterocycles. The number of carbonyl (C=O) groups is 1. The molecular weight excluding hydrogens is 422 g/mol. The summed E-state index contributed by atoms with van der Waals surface area (Å²) in [7, 11) is 1.70.